The fourth-order valence-electron chi connectivity index (χ4n) is 3.53. The molecule has 0 aliphatic heterocycles. The molecule has 0 aliphatic carbocycles. The Bertz CT molecular complexity index is 1050. The summed E-state index contributed by atoms with van der Waals surface area (Å²) in [5, 5.41) is 9.67. The number of aromatic nitrogens is 4. The van der Waals surface area contributed by atoms with Crippen molar-refractivity contribution in [3.05, 3.63) is 34.6 Å². The van der Waals surface area contributed by atoms with Gasteiger partial charge in [0.25, 0.3) is 5.56 Å². The molecule has 1 aromatic carbocycles. The first-order valence-corrected chi connectivity index (χ1v) is 11.2. The first-order valence-electron chi connectivity index (χ1n) is 10.4. The smallest absolute Gasteiger partial charge is 0.262 e. The summed E-state index contributed by atoms with van der Waals surface area (Å²) in [4.78, 5) is 27.6. The van der Waals surface area contributed by atoms with Crippen LogP contribution in [0.5, 0.6) is 0 Å². The van der Waals surface area contributed by atoms with Gasteiger partial charge in [-0.2, -0.15) is 0 Å². The molecular formula is C21H29N5O2S. The molecule has 3 rings (SSSR count). The number of thioether (sulfide) groups is 1. The number of nitrogens with zero attached hydrogens (tertiary/aromatic N) is 5. The standard InChI is InChI=1S/C21H29N5O2S/c1-5-8-11-14-25-19(28)16-12-9-10-13-17(16)26-20(25)22-23-21(26)29-15(4)18(27)24(6-2)7-3/h9-10,12-13,15H,5-8,11,14H2,1-4H3. The predicted molar refractivity (Wildman–Crippen MR) is 118 cm³/mol. The summed E-state index contributed by atoms with van der Waals surface area (Å²) in [6, 6.07) is 7.52. The van der Waals surface area contributed by atoms with Crippen LogP contribution in [-0.4, -0.2) is 48.3 Å². The van der Waals surface area contributed by atoms with Crippen LogP contribution in [0.3, 0.4) is 0 Å². The Hall–Kier alpha value is -2.35. The predicted octanol–water partition coefficient (Wildman–Crippen LogP) is 3.58. The van der Waals surface area contributed by atoms with Crippen LogP contribution < -0.4 is 5.56 Å². The van der Waals surface area contributed by atoms with Crippen LogP contribution in [0.25, 0.3) is 16.7 Å². The summed E-state index contributed by atoms with van der Waals surface area (Å²) in [5.41, 5.74) is 0.731. The van der Waals surface area contributed by atoms with Gasteiger partial charge in [0.15, 0.2) is 5.16 Å². The molecule has 1 unspecified atom stereocenters. The molecule has 0 bridgehead atoms. The number of para-hydroxylation sites is 1. The quantitative estimate of drug-likeness (QED) is 0.394. The molecule has 1 amide bonds. The highest BCUT2D eigenvalue weighted by molar-refractivity contribution is 8.00. The second-order valence-corrected chi connectivity index (χ2v) is 8.38. The Balaban J connectivity index is 2.08. The van der Waals surface area contributed by atoms with Crippen molar-refractivity contribution >= 4 is 34.3 Å². The lowest BCUT2D eigenvalue weighted by Gasteiger charge is -2.22. The van der Waals surface area contributed by atoms with Gasteiger partial charge in [-0.05, 0) is 39.3 Å². The lowest BCUT2D eigenvalue weighted by molar-refractivity contribution is -0.129. The maximum atomic E-state index is 13.1. The molecule has 0 saturated heterocycles. The third kappa shape index (κ3) is 4.17. The third-order valence-electron chi connectivity index (χ3n) is 5.17. The van der Waals surface area contributed by atoms with E-state index in [1.165, 1.54) is 11.8 Å². The minimum absolute atomic E-state index is 0.0413. The first kappa shape index (κ1) is 21.4. The number of carbonyl (C=O) groups excluding carboxylic acids is 1. The molecule has 8 heteroatoms. The Kier molecular flexibility index (Phi) is 6.95. The molecule has 0 saturated carbocycles. The zero-order valence-corrected chi connectivity index (χ0v) is 18.4. The highest BCUT2D eigenvalue weighted by atomic mass is 32.2. The van der Waals surface area contributed by atoms with Crippen LogP contribution in [0.1, 0.15) is 47.0 Å². The van der Waals surface area contributed by atoms with Crippen molar-refractivity contribution in [3.63, 3.8) is 0 Å². The zero-order valence-electron chi connectivity index (χ0n) is 17.6. The van der Waals surface area contributed by atoms with E-state index in [2.05, 4.69) is 17.1 Å². The second-order valence-electron chi connectivity index (χ2n) is 7.07. The van der Waals surface area contributed by atoms with Crippen molar-refractivity contribution in [1.29, 1.82) is 0 Å². The van der Waals surface area contributed by atoms with Crippen LogP contribution in [0, 0.1) is 0 Å². The molecule has 0 N–H and O–H groups in total. The Morgan fingerprint density at radius 2 is 1.86 bits per heavy atom. The van der Waals surface area contributed by atoms with Gasteiger partial charge in [0.05, 0.1) is 16.2 Å². The normalized spacial score (nSPS) is 12.6. The minimum atomic E-state index is -0.290. The van der Waals surface area contributed by atoms with E-state index in [1.54, 1.807) is 4.57 Å². The number of fused-ring (bicyclic) bond motifs is 3. The van der Waals surface area contributed by atoms with Crippen molar-refractivity contribution in [1.82, 2.24) is 24.1 Å². The molecule has 2 heterocycles. The van der Waals surface area contributed by atoms with Gasteiger partial charge in [-0.25, -0.2) is 0 Å². The fraction of sp³-hybridized carbons (Fsp3) is 0.524. The first-order chi connectivity index (χ1) is 14.0. The van der Waals surface area contributed by atoms with E-state index in [4.69, 9.17) is 0 Å². The van der Waals surface area contributed by atoms with Gasteiger partial charge in [0.1, 0.15) is 0 Å². The summed E-state index contributed by atoms with van der Waals surface area (Å²) in [6.45, 7) is 9.96. The van der Waals surface area contributed by atoms with E-state index in [9.17, 15) is 9.59 Å². The molecule has 7 nitrogen and oxygen atoms in total. The van der Waals surface area contributed by atoms with Crippen LogP contribution in [0.15, 0.2) is 34.2 Å². The number of hydrogen-bond donors (Lipinski definition) is 0. The Morgan fingerprint density at radius 3 is 2.55 bits per heavy atom. The monoisotopic (exact) mass is 415 g/mol. The molecule has 2 aromatic heterocycles. The van der Waals surface area contributed by atoms with Gasteiger partial charge in [-0.1, -0.05) is 43.7 Å². The minimum Gasteiger partial charge on any atom is -0.342 e. The zero-order chi connectivity index (χ0) is 21.0. The van der Waals surface area contributed by atoms with E-state index in [1.807, 2.05) is 54.3 Å². The van der Waals surface area contributed by atoms with E-state index in [-0.39, 0.29) is 16.7 Å². The largest absolute Gasteiger partial charge is 0.342 e. The van der Waals surface area contributed by atoms with Crippen molar-refractivity contribution < 1.29 is 4.79 Å². The maximum Gasteiger partial charge on any atom is 0.262 e. The highest BCUT2D eigenvalue weighted by Gasteiger charge is 2.23. The van der Waals surface area contributed by atoms with Crippen molar-refractivity contribution in [2.45, 2.75) is 63.9 Å². The van der Waals surface area contributed by atoms with Gasteiger partial charge in [0, 0.05) is 19.6 Å². The summed E-state index contributed by atoms with van der Waals surface area (Å²) in [5.74, 6) is 0.618. The highest BCUT2D eigenvalue weighted by Crippen LogP contribution is 2.26. The van der Waals surface area contributed by atoms with Gasteiger partial charge >= 0.3 is 0 Å². The topological polar surface area (TPSA) is 72.5 Å². The molecule has 156 valence electrons. The van der Waals surface area contributed by atoms with Gasteiger partial charge in [-0.3, -0.25) is 18.6 Å². The Morgan fingerprint density at radius 1 is 1.14 bits per heavy atom. The molecular weight excluding hydrogens is 386 g/mol. The van der Waals surface area contributed by atoms with E-state index in [0.717, 1.165) is 24.8 Å². The summed E-state index contributed by atoms with van der Waals surface area (Å²) >= 11 is 1.39. The van der Waals surface area contributed by atoms with Crippen LogP contribution >= 0.6 is 11.8 Å². The fourth-order valence-corrected chi connectivity index (χ4v) is 4.47. The van der Waals surface area contributed by atoms with Gasteiger partial charge < -0.3 is 4.90 Å². The summed E-state index contributed by atoms with van der Waals surface area (Å²) < 4.78 is 3.63. The second kappa shape index (κ2) is 9.43. The van der Waals surface area contributed by atoms with E-state index < -0.39 is 0 Å². The van der Waals surface area contributed by atoms with E-state index in [0.29, 0.717) is 36.0 Å². The molecule has 0 spiro atoms. The number of carbonyl (C=O) groups is 1. The average Bonchev–Trinajstić information content (AvgIpc) is 3.14. The molecule has 29 heavy (non-hydrogen) atoms. The number of amides is 1. The van der Waals surface area contributed by atoms with E-state index >= 15 is 0 Å². The van der Waals surface area contributed by atoms with Gasteiger partial charge in [-0.15, -0.1) is 10.2 Å². The molecule has 1 atom stereocenters. The van der Waals surface area contributed by atoms with Crippen LogP contribution in [-0.2, 0) is 11.3 Å². The number of benzene rings is 1. The number of unbranched alkanes of at least 4 members (excludes halogenated alkanes) is 2. The van der Waals surface area contributed by atoms with Crippen LogP contribution in [0.4, 0.5) is 0 Å². The summed E-state index contributed by atoms with van der Waals surface area (Å²) in [6.07, 6.45) is 3.05. The van der Waals surface area contributed by atoms with Gasteiger partial charge in [0.2, 0.25) is 11.7 Å². The number of hydrogen-bond acceptors (Lipinski definition) is 5. The van der Waals surface area contributed by atoms with Crippen molar-refractivity contribution in [2.24, 2.45) is 0 Å². The lowest BCUT2D eigenvalue weighted by atomic mass is 10.2. The van der Waals surface area contributed by atoms with Crippen molar-refractivity contribution in [3.8, 4) is 0 Å². The average molecular weight is 416 g/mol. The molecule has 0 radical (unpaired) electrons. The molecule has 0 aliphatic rings. The molecule has 3 aromatic rings. The Labute approximate surface area is 175 Å². The lowest BCUT2D eigenvalue weighted by Crippen LogP contribution is -2.36. The van der Waals surface area contributed by atoms with Crippen LogP contribution in [0.2, 0.25) is 0 Å². The SMILES string of the molecule is CCCCCn1c(=O)c2ccccc2n2c(SC(C)C(=O)N(CC)CC)nnc12. The maximum absolute atomic E-state index is 13.1. The molecule has 0 fully saturated rings. The third-order valence-corrected chi connectivity index (χ3v) is 6.20. The summed E-state index contributed by atoms with van der Waals surface area (Å²) in [7, 11) is 0. The van der Waals surface area contributed by atoms with Crippen molar-refractivity contribution in [2.75, 3.05) is 13.1 Å². The number of aryl methyl sites for hydroxylation is 1. The number of rotatable bonds is 9.